The van der Waals surface area contributed by atoms with E-state index in [4.69, 9.17) is 4.74 Å². The highest BCUT2D eigenvalue weighted by atomic mass is 32.2. The van der Waals surface area contributed by atoms with Crippen molar-refractivity contribution >= 4 is 34.9 Å². The molecule has 23 heavy (non-hydrogen) atoms. The third kappa shape index (κ3) is 3.81. The van der Waals surface area contributed by atoms with E-state index >= 15 is 0 Å². The zero-order chi connectivity index (χ0) is 17.1. The molecule has 0 aliphatic rings. The number of hydrogen-bond acceptors (Lipinski definition) is 7. The standard InChI is InChI=1S/C15H19N3O3S2/c1-6-21-14(20)11-7(2)12(16-8(11)3)13(19)9(4)22-15-18-17-10(5)23-15/h9,16H,6H2,1-5H3. The largest absolute Gasteiger partial charge is 0.462 e. The highest BCUT2D eigenvalue weighted by Crippen LogP contribution is 2.29. The summed E-state index contributed by atoms with van der Waals surface area (Å²) < 4.78 is 5.81. The van der Waals surface area contributed by atoms with E-state index in [2.05, 4.69) is 15.2 Å². The molecule has 0 aliphatic heterocycles. The molecule has 124 valence electrons. The molecule has 0 amide bonds. The van der Waals surface area contributed by atoms with Gasteiger partial charge in [-0.2, -0.15) is 0 Å². The maximum atomic E-state index is 12.7. The fourth-order valence-corrected chi connectivity index (χ4v) is 4.26. The van der Waals surface area contributed by atoms with Gasteiger partial charge in [0, 0.05) is 5.69 Å². The molecule has 0 saturated carbocycles. The zero-order valence-electron chi connectivity index (χ0n) is 13.7. The molecule has 0 aromatic carbocycles. The number of ketones is 1. The van der Waals surface area contributed by atoms with Crippen LogP contribution in [0.15, 0.2) is 4.34 Å². The van der Waals surface area contributed by atoms with Gasteiger partial charge >= 0.3 is 5.97 Å². The van der Waals surface area contributed by atoms with Crippen molar-refractivity contribution in [3.63, 3.8) is 0 Å². The number of rotatable bonds is 6. The highest BCUT2D eigenvalue weighted by molar-refractivity contribution is 8.02. The van der Waals surface area contributed by atoms with Crippen LogP contribution in [-0.2, 0) is 4.74 Å². The third-order valence-corrected chi connectivity index (χ3v) is 5.34. The highest BCUT2D eigenvalue weighted by Gasteiger charge is 2.26. The molecule has 0 bridgehead atoms. The van der Waals surface area contributed by atoms with Crippen molar-refractivity contribution in [2.45, 2.75) is 44.2 Å². The van der Waals surface area contributed by atoms with E-state index in [-0.39, 0.29) is 11.0 Å². The van der Waals surface area contributed by atoms with Gasteiger partial charge in [0.1, 0.15) is 5.01 Å². The minimum atomic E-state index is -0.405. The van der Waals surface area contributed by atoms with Gasteiger partial charge in [0.15, 0.2) is 10.1 Å². The predicted molar refractivity (Wildman–Crippen MR) is 90.5 cm³/mol. The number of aromatic amines is 1. The van der Waals surface area contributed by atoms with Gasteiger partial charge in [0.25, 0.3) is 0 Å². The maximum absolute atomic E-state index is 12.7. The molecule has 0 aliphatic carbocycles. The average molecular weight is 353 g/mol. The second kappa shape index (κ2) is 7.27. The molecule has 2 aromatic rings. The molecule has 0 radical (unpaired) electrons. The van der Waals surface area contributed by atoms with Crippen LogP contribution < -0.4 is 0 Å². The van der Waals surface area contributed by atoms with Crippen molar-refractivity contribution in [2.75, 3.05) is 6.61 Å². The summed E-state index contributed by atoms with van der Waals surface area (Å²) in [5.74, 6) is -0.475. The van der Waals surface area contributed by atoms with E-state index in [1.807, 2.05) is 13.8 Å². The molecule has 6 nitrogen and oxygen atoms in total. The monoisotopic (exact) mass is 353 g/mol. The number of esters is 1. The number of Topliss-reactive ketones (excluding diaryl/α,β-unsaturated/α-hetero) is 1. The Hall–Kier alpha value is -1.67. The lowest BCUT2D eigenvalue weighted by atomic mass is 10.1. The fourth-order valence-electron chi connectivity index (χ4n) is 2.24. The molecule has 1 atom stereocenters. The second-order valence-corrected chi connectivity index (χ2v) is 7.83. The van der Waals surface area contributed by atoms with Crippen LogP contribution in [-0.4, -0.2) is 38.8 Å². The van der Waals surface area contributed by atoms with Gasteiger partial charge in [0.2, 0.25) is 0 Å². The number of carbonyl (C=O) groups excluding carboxylic acids is 2. The Kier molecular flexibility index (Phi) is 5.59. The lowest BCUT2D eigenvalue weighted by Gasteiger charge is -2.07. The first-order valence-corrected chi connectivity index (χ1v) is 8.92. The Bertz CT molecular complexity index is 736. The lowest BCUT2D eigenvalue weighted by Crippen LogP contribution is -2.15. The molecule has 2 rings (SSSR count). The minimum absolute atomic E-state index is 0.0704. The van der Waals surface area contributed by atoms with E-state index in [1.165, 1.54) is 23.1 Å². The van der Waals surface area contributed by atoms with Crippen molar-refractivity contribution in [1.29, 1.82) is 0 Å². The smallest absolute Gasteiger partial charge is 0.340 e. The molecule has 1 unspecified atom stereocenters. The van der Waals surface area contributed by atoms with Crippen LogP contribution in [0.5, 0.6) is 0 Å². The summed E-state index contributed by atoms with van der Waals surface area (Å²) in [6, 6.07) is 0. The Morgan fingerprint density at radius 1 is 1.30 bits per heavy atom. The summed E-state index contributed by atoms with van der Waals surface area (Å²) in [7, 11) is 0. The molecule has 0 saturated heterocycles. The summed E-state index contributed by atoms with van der Waals surface area (Å²) in [5, 5.41) is 8.51. The number of thioether (sulfide) groups is 1. The van der Waals surface area contributed by atoms with E-state index in [0.717, 1.165) is 9.35 Å². The molecular formula is C15H19N3O3S2. The molecule has 2 heterocycles. The number of aryl methyl sites for hydroxylation is 2. The van der Waals surface area contributed by atoms with Crippen molar-refractivity contribution < 1.29 is 14.3 Å². The Morgan fingerprint density at radius 2 is 2.00 bits per heavy atom. The van der Waals surface area contributed by atoms with Crippen LogP contribution in [0.1, 0.15) is 51.0 Å². The molecule has 1 N–H and O–H groups in total. The van der Waals surface area contributed by atoms with Crippen molar-refractivity contribution in [3.8, 4) is 0 Å². The van der Waals surface area contributed by atoms with Crippen LogP contribution in [0.2, 0.25) is 0 Å². The van der Waals surface area contributed by atoms with Crippen LogP contribution in [0.3, 0.4) is 0 Å². The van der Waals surface area contributed by atoms with Crippen LogP contribution in [0.25, 0.3) is 0 Å². The third-order valence-electron chi connectivity index (χ3n) is 3.32. The minimum Gasteiger partial charge on any atom is -0.462 e. The molecule has 0 spiro atoms. The van der Waals surface area contributed by atoms with Crippen molar-refractivity contribution in [1.82, 2.24) is 15.2 Å². The number of H-pyrrole nitrogens is 1. The lowest BCUT2D eigenvalue weighted by molar-refractivity contribution is 0.0525. The first kappa shape index (κ1) is 17.7. The topological polar surface area (TPSA) is 84.9 Å². The summed E-state index contributed by atoms with van der Waals surface area (Å²) in [4.78, 5) is 27.7. The van der Waals surface area contributed by atoms with E-state index in [1.54, 1.807) is 20.8 Å². The van der Waals surface area contributed by atoms with Gasteiger partial charge < -0.3 is 9.72 Å². The van der Waals surface area contributed by atoms with Gasteiger partial charge in [-0.25, -0.2) is 4.79 Å². The van der Waals surface area contributed by atoms with Crippen LogP contribution >= 0.6 is 23.1 Å². The summed E-state index contributed by atoms with van der Waals surface area (Å²) in [6.07, 6.45) is 0. The first-order valence-electron chi connectivity index (χ1n) is 7.22. The number of nitrogens with zero attached hydrogens (tertiary/aromatic N) is 2. The number of carbonyl (C=O) groups is 2. The molecule has 2 aromatic heterocycles. The number of nitrogens with one attached hydrogen (secondary N) is 1. The van der Waals surface area contributed by atoms with E-state index < -0.39 is 5.97 Å². The number of hydrogen-bond donors (Lipinski definition) is 1. The van der Waals surface area contributed by atoms with Gasteiger partial charge in [-0.05, 0) is 40.2 Å². The summed E-state index contributed by atoms with van der Waals surface area (Å²) in [5.41, 5.74) is 2.17. The summed E-state index contributed by atoms with van der Waals surface area (Å²) >= 11 is 2.83. The van der Waals surface area contributed by atoms with Gasteiger partial charge in [-0.1, -0.05) is 23.1 Å². The van der Waals surface area contributed by atoms with Crippen LogP contribution in [0, 0.1) is 20.8 Å². The molecular weight excluding hydrogens is 334 g/mol. The summed E-state index contributed by atoms with van der Waals surface area (Å²) in [6.45, 7) is 9.28. The molecule has 8 heteroatoms. The second-order valence-electron chi connectivity index (χ2n) is 5.06. The Balaban J connectivity index is 2.22. The van der Waals surface area contributed by atoms with E-state index in [0.29, 0.717) is 29.1 Å². The fraction of sp³-hybridized carbons (Fsp3) is 0.467. The SMILES string of the molecule is CCOC(=O)c1c(C)[nH]c(C(=O)C(C)Sc2nnc(C)s2)c1C. The normalized spacial score (nSPS) is 12.2. The maximum Gasteiger partial charge on any atom is 0.340 e. The number of aromatic nitrogens is 3. The zero-order valence-corrected chi connectivity index (χ0v) is 15.4. The first-order chi connectivity index (χ1) is 10.8. The van der Waals surface area contributed by atoms with Crippen molar-refractivity contribution in [2.24, 2.45) is 0 Å². The van der Waals surface area contributed by atoms with Gasteiger partial charge in [0.05, 0.1) is 23.1 Å². The van der Waals surface area contributed by atoms with E-state index in [9.17, 15) is 9.59 Å². The predicted octanol–water partition coefficient (Wildman–Crippen LogP) is 3.33. The Morgan fingerprint density at radius 3 is 2.57 bits per heavy atom. The van der Waals surface area contributed by atoms with Crippen molar-refractivity contribution in [3.05, 3.63) is 27.5 Å². The Labute approximate surface area is 143 Å². The number of ether oxygens (including phenoxy) is 1. The quantitative estimate of drug-likeness (QED) is 0.487. The van der Waals surface area contributed by atoms with Gasteiger partial charge in [-0.15, -0.1) is 10.2 Å². The van der Waals surface area contributed by atoms with Gasteiger partial charge in [-0.3, -0.25) is 4.79 Å². The molecule has 0 fully saturated rings. The average Bonchev–Trinajstić information content (AvgIpc) is 3.01. The van der Waals surface area contributed by atoms with Crippen LogP contribution in [0.4, 0.5) is 0 Å².